The van der Waals surface area contributed by atoms with Crippen LogP contribution in [-0.2, 0) is 31.3 Å². The Morgan fingerprint density at radius 1 is 1.13 bits per heavy atom. The first kappa shape index (κ1) is 28.8. The van der Waals surface area contributed by atoms with Gasteiger partial charge in [-0.15, -0.1) is 0 Å². The van der Waals surface area contributed by atoms with Crippen LogP contribution in [0.2, 0.25) is 5.02 Å². The molecule has 192 valence electrons. The summed E-state index contributed by atoms with van der Waals surface area (Å²) in [5, 5.41) is -0.719. The zero-order valence-electron chi connectivity index (χ0n) is 20.5. The SMILES string of the molecule is Cc1cc(C[C@H](NS(=O)(=O)c2cccc(Cl)c2)c2nc3ccccc3[nH]2)ccc1[C@@H]1CC(=O)[N-]S1(=O)=O.[Na+]. The van der Waals surface area contributed by atoms with E-state index in [0.29, 0.717) is 27.5 Å². The monoisotopic (exact) mass is 580 g/mol. The molecule has 0 bridgehead atoms. The summed E-state index contributed by atoms with van der Waals surface area (Å²) in [6, 6.07) is 17.7. The molecule has 13 heteroatoms. The van der Waals surface area contributed by atoms with Crippen molar-refractivity contribution in [3.05, 3.63) is 99.0 Å². The van der Waals surface area contributed by atoms with Gasteiger partial charge < -0.3 is 14.5 Å². The maximum absolute atomic E-state index is 13.3. The molecule has 1 aliphatic heterocycles. The standard InChI is InChI=1S/C25H23ClN4O5S2.Na/c1-15-11-16(9-10-19(15)23-14-24(31)30-37(23,34)35)12-22(25-27-20-7-2-3-8-21(20)28-25)29-36(32,33)18-6-4-5-17(26)13-18;/h2-11,13,22-23,29H,12,14H2,1H3,(H2,27,28,30,31);/q;+1/p-1/t22-,23-;/m0./s1. The van der Waals surface area contributed by atoms with Gasteiger partial charge >= 0.3 is 29.6 Å². The maximum atomic E-state index is 13.3. The van der Waals surface area contributed by atoms with Gasteiger partial charge in [0.2, 0.25) is 10.0 Å². The van der Waals surface area contributed by atoms with Gasteiger partial charge in [0.05, 0.1) is 33.1 Å². The number of hydrogen-bond acceptors (Lipinski definition) is 6. The third-order valence-electron chi connectivity index (χ3n) is 6.21. The Balaban J connectivity index is 0.00000336. The number of fused-ring (bicyclic) bond motifs is 1. The van der Waals surface area contributed by atoms with Crippen molar-refractivity contribution in [2.24, 2.45) is 0 Å². The number of carbonyl (C=O) groups excluding carboxylic acids is 1. The quantitative estimate of drug-likeness (QED) is 0.317. The Morgan fingerprint density at radius 3 is 2.55 bits per heavy atom. The molecule has 2 N–H and O–H groups in total. The van der Waals surface area contributed by atoms with Gasteiger partial charge in [-0.1, -0.05) is 48.0 Å². The number of halogens is 1. The van der Waals surface area contributed by atoms with Crippen LogP contribution >= 0.6 is 11.6 Å². The van der Waals surface area contributed by atoms with Crippen molar-refractivity contribution < 1.29 is 51.2 Å². The van der Waals surface area contributed by atoms with Crippen LogP contribution in [0.5, 0.6) is 0 Å². The Hall–Kier alpha value is -2.25. The zero-order chi connectivity index (χ0) is 26.4. The van der Waals surface area contributed by atoms with Crippen molar-refractivity contribution >= 4 is 48.6 Å². The number of aryl methyl sites for hydroxylation is 1. The second-order valence-electron chi connectivity index (χ2n) is 8.86. The number of amides is 1. The number of imidazole rings is 1. The van der Waals surface area contributed by atoms with Gasteiger partial charge in [-0.25, -0.2) is 26.5 Å². The fraction of sp³-hybridized carbons (Fsp3) is 0.200. The number of hydrogen-bond donors (Lipinski definition) is 2. The molecule has 1 saturated heterocycles. The Labute approximate surface area is 247 Å². The van der Waals surface area contributed by atoms with Crippen LogP contribution in [0.25, 0.3) is 15.8 Å². The van der Waals surface area contributed by atoms with E-state index in [-0.39, 0.29) is 47.3 Å². The second kappa shape index (κ2) is 11.1. The predicted octanol–water partition coefficient (Wildman–Crippen LogP) is 1.47. The summed E-state index contributed by atoms with van der Waals surface area (Å²) in [5.41, 5.74) is 3.36. The topological polar surface area (TPSA) is 140 Å². The molecule has 38 heavy (non-hydrogen) atoms. The molecule has 0 aliphatic carbocycles. The number of aromatic nitrogens is 2. The van der Waals surface area contributed by atoms with Crippen LogP contribution in [0.1, 0.15) is 40.2 Å². The van der Waals surface area contributed by atoms with Gasteiger partial charge in [-0.05, 0) is 60.4 Å². The van der Waals surface area contributed by atoms with E-state index in [1.807, 2.05) is 24.3 Å². The molecule has 4 aromatic rings. The van der Waals surface area contributed by atoms with Crippen LogP contribution in [-0.4, -0.2) is 32.7 Å². The van der Waals surface area contributed by atoms with Crippen LogP contribution in [0.4, 0.5) is 0 Å². The number of carbonyl (C=O) groups is 1. The number of aromatic amines is 1. The summed E-state index contributed by atoms with van der Waals surface area (Å²) in [7, 11) is -7.87. The van der Waals surface area contributed by atoms with Crippen LogP contribution in [0, 0.1) is 6.92 Å². The summed E-state index contributed by atoms with van der Waals surface area (Å²) in [5.74, 6) is -0.231. The minimum absolute atomic E-state index is 0. The molecule has 0 spiro atoms. The average molecular weight is 581 g/mol. The normalized spacial score (nSPS) is 17.6. The second-order valence-corrected chi connectivity index (χ2v) is 12.8. The maximum Gasteiger partial charge on any atom is 1.00 e. The number of rotatable bonds is 7. The number of benzene rings is 3. The van der Waals surface area contributed by atoms with E-state index in [2.05, 4.69) is 19.4 Å². The molecule has 0 radical (unpaired) electrons. The van der Waals surface area contributed by atoms with Gasteiger partial charge in [0.1, 0.15) is 15.8 Å². The van der Waals surface area contributed by atoms with Crippen molar-refractivity contribution in [3.63, 3.8) is 0 Å². The number of nitrogens with one attached hydrogen (secondary N) is 2. The molecular weight excluding hydrogens is 559 g/mol. The number of para-hydroxylation sites is 2. The average Bonchev–Trinajstić information content (AvgIpc) is 3.38. The molecule has 2 atom stereocenters. The molecule has 1 aliphatic rings. The largest absolute Gasteiger partial charge is 1.00 e. The molecule has 1 fully saturated rings. The molecular formula is C25H22ClN4NaO5S2. The number of nitrogens with zero attached hydrogens (tertiary/aromatic N) is 2. The van der Waals surface area contributed by atoms with E-state index in [4.69, 9.17) is 11.6 Å². The molecule has 9 nitrogen and oxygen atoms in total. The Morgan fingerprint density at radius 2 is 1.89 bits per heavy atom. The molecule has 2 heterocycles. The number of sulfonamides is 2. The van der Waals surface area contributed by atoms with E-state index in [9.17, 15) is 21.6 Å². The summed E-state index contributed by atoms with van der Waals surface area (Å²) in [4.78, 5) is 19.5. The van der Waals surface area contributed by atoms with E-state index in [0.717, 1.165) is 11.1 Å². The summed E-state index contributed by atoms with van der Waals surface area (Å²) in [6.45, 7) is 1.75. The van der Waals surface area contributed by atoms with Crippen molar-refractivity contribution in [1.29, 1.82) is 0 Å². The Kier molecular flexibility index (Phi) is 8.39. The molecule has 0 unspecified atom stereocenters. The first-order valence-corrected chi connectivity index (χ1v) is 14.7. The molecule has 1 aromatic heterocycles. The van der Waals surface area contributed by atoms with Crippen molar-refractivity contribution in [2.45, 2.75) is 36.0 Å². The smallest absolute Gasteiger partial charge is 0.545 e. The zero-order valence-corrected chi connectivity index (χ0v) is 24.9. The number of H-pyrrole nitrogens is 1. The van der Waals surface area contributed by atoms with Gasteiger partial charge in [-0.2, -0.15) is 0 Å². The molecule has 5 rings (SSSR count). The minimum atomic E-state index is -3.96. The Bertz CT molecular complexity index is 1710. The van der Waals surface area contributed by atoms with Crippen LogP contribution in [0.15, 0.2) is 71.6 Å². The fourth-order valence-corrected chi connectivity index (χ4v) is 7.38. The van der Waals surface area contributed by atoms with Gasteiger partial charge in [0.25, 0.3) is 0 Å². The fourth-order valence-electron chi connectivity index (χ4n) is 4.46. The van der Waals surface area contributed by atoms with Crippen LogP contribution < -0.4 is 34.3 Å². The summed E-state index contributed by atoms with van der Waals surface area (Å²) < 4.78 is 57.1. The molecule has 0 saturated carbocycles. The van der Waals surface area contributed by atoms with Gasteiger partial charge in [0.15, 0.2) is 0 Å². The van der Waals surface area contributed by atoms with Crippen molar-refractivity contribution in [1.82, 2.24) is 14.7 Å². The van der Waals surface area contributed by atoms with E-state index in [1.165, 1.54) is 12.1 Å². The third kappa shape index (κ3) is 5.99. The van der Waals surface area contributed by atoms with Crippen molar-refractivity contribution in [3.8, 4) is 0 Å². The first-order chi connectivity index (χ1) is 17.5. The summed E-state index contributed by atoms with van der Waals surface area (Å²) >= 11 is 6.02. The van der Waals surface area contributed by atoms with Crippen molar-refractivity contribution in [2.75, 3.05) is 0 Å². The van der Waals surface area contributed by atoms with Crippen LogP contribution in [0.3, 0.4) is 0 Å². The van der Waals surface area contributed by atoms with E-state index >= 15 is 0 Å². The third-order valence-corrected chi connectivity index (χ3v) is 9.51. The van der Waals surface area contributed by atoms with Gasteiger partial charge in [0, 0.05) is 11.4 Å². The first-order valence-electron chi connectivity index (χ1n) is 11.3. The summed E-state index contributed by atoms with van der Waals surface area (Å²) in [6.07, 6.45) is 0.0328. The van der Waals surface area contributed by atoms with E-state index in [1.54, 1.807) is 37.3 Å². The molecule has 3 aromatic carbocycles. The van der Waals surface area contributed by atoms with Gasteiger partial charge in [-0.3, -0.25) is 0 Å². The van der Waals surface area contributed by atoms with E-state index < -0.39 is 37.2 Å². The minimum Gasteiger partial charge on any atom is -0.545 e. The predicted molar refractivity (Wildman–Crippen MR) is 140 cm³/mol. The molecule has 1 amide bonds.